The van der Waals surface area contributed by atoms with Gasteiger partial charge in [-0.25, -0.2) is 0 Å². The van der Waals surface area contributed by atoms with E-state index in [1.54, 1.807) is 18.7 Å². The Morgan fingerprint density at radius 2 is 2.31 bits per heavy atom. The van der Waals surface area contributed by atoms with Crippen molar-refractivity contribution in [3.63, 3.8) is 0 Å². The van der Waals surface area contributed by atoms with E-state index in [4.69, 9.17) is 10.4 Å². The molecule has 0 aliphatic carbocycles. The van der Waals surface area contributed by atoms with Crippen LogP contribution in [0.4, 0.5) is 0 Å². The van der Waals surface area contributed by atoms with Crippen molar-refractivity contribution in [2.45, 2.75) is 33.1 Å². The lowest BCUT2D eigenvalue weighted by molar-refractivity contribution is -0.139. The molecule has 1 amide bonds. The van der Waals surface area contributed by atoms with Crippen molar-refractivity contribution in [3.05, 3.63) is 0 Å². The SMILES string of the molecule is CC(C)(C#N)C(=O)N1CCCC(CCO)C1. The molecule has 1 aliphatic heterocycles. The van der Waals surface area contributed by atoms with Gasteiger partial charge >= 0.3 is 0 Å². The van der Waals surface area contributed by atoms with Crippen LogP contribution in [0.5, 0.6) is 0 Å². The zero-order valence-corrected chi connectivity index (χ0v) is 10.1. The summed E-state index contributed by atoms with van der Waals surface area (Å²) in [6.07, 6.45) is 2.78. The van der Waals surface area contributed by atoms with Gasteiger partial charge in [0.2, 0.25) is 5.91 Å². The number of nitriles is 1. The average molecular weight is 224 g/mol. The van der Waals surface area contributed by atoms with E-state index < -0.39 is 5.41 Å². The zero-order chi connectivity index (χ0) is 12.2. The molecule has 0 aromatic heterocycles. The van der Waals surface area contributed by atoms with Gasteiger partial charge in [-0.2, -0.15) is 5.26 Å². The van der Waals surface area contributed by atoms with Gasteiger partial charge in [0.15, 0.2) is 0 Å². The molecule has 1 rings (SSSR count). The molecule has 16 heavy (non-hydrogen) atoms. The molecule has 1 aliphatic rings. The molecule has 1 saturated heterocycles. The molecular weight excluding hydrogens is 204 g/mol. The fraction of sp³-hybridized carbons (Fsp3) is 0.833. The molecule has 90 valence electrons. The number of carbonyl (C=O) groups is 1. The number of carbonyl (C=O) groups excluding carboxylic acids is 1. The van der Waals surface area contributed by atoms with Gasteiger partial charge in [0.25, 0.3) is 0 Å². The van der Waals surface area contributed by atoms with Gasteiger partial charge in [-0.3, -0.25) is 4.79 Å². The Balaban J connectivity index is 2.61. The van der Waals surface area contributed by atoms with E-state index in [0.29, 0.717) is 12.5 Å². The molecule has 1 unspecified atom stereocenters. The Bertz CT molecular complexity index is 292. The van der Waals surface area contributed by atoms with Crippen LogP contribution in [0, 0.1) is 22.7 Å². The Hall–Kier alpha value is -1.08. The molecule has 1 heterocycles. The predicted octanol–water partition coefficient (Wildman–Crippen LogP) is 1.16. The summed E-state index contributed by atoms with van der Waals surface area (Å²) in [7, 11) is 0. The van der Waals surface area contributed by atoms with E-state index >= 15 is 0 Å². The molecule has 1 atom stereocenters. The number of nitrogens with zero attached hydrogens (tertiary/aromatic N) is 2. The van der Waals surface area contributed by atoms with E-state index in [1.807, 2.05) is 6.07 Å². The quantitative estimate of drug-likeness (QED) is 0.782. The Morgan fingerprint density at radius 3 is 2.88 bits per heavy atom. The molecule has 0 spiro atoms. The summed E-state index contributed by atoms with van der Waals surface area (Å²) < 4.78 is 0. The monoisotopic (exact) mass is 224 g/mol. The van der Waals surface area contributed by atoms with Crippen LogP contribution >= 0.6 is 0 Å². The highest BCUT2D eigenvalue weighted by Gasteiger charge is 2.34. The number of hydrogen-bond acceptors (Lipinski definition) is 3. The van der Waals surface area contributed by atoms with E-state index in [9.17, 15) is 4.79 Å². The minimum atomic E-state index is -0.929. The van der Waals surface area contributed by atoms with Crippen LogP contribution in [0.25, 0.3) is 0 Å². The summed E-state index contributed by atoms with van der Waals surface area (Å²) in [6, 6.07) is 2.04. The first-order valence-corrected chi connectivity index (χ1v) is 5.82. The van der Waals surface area contributed by atoms with E-state index in [0.717, 1.165) is 25.8 Å². The molecule has 0 saturated carbocycles. The van der Waals surface area contributed by atoms with Crippen LogP contribution in [-0.2, 0) is 4.79 Å². The summed E-state index contributed by atoms with van der Waals surface area (Å²) in [6.45, 7) is 4.92. The minimum absolute atomic E-state index is 0.0855. The van der Waals surface area contributed by atoms with E-state index in [2.05, 4.69) is 0 Å². The maximum atomic E-state index is 12.0. The second-order valence-electron chi connectivity index (χ2n) is 5.01. The van der Waals surface area contributed by atoms with Crippen molar-refractivity contribution in [3.8, 4) is 6.07 Å². The third-order valence-corrected chi connectivity index (χ3v) is 3.16. The van der Waals surface area contributed by atoms with Crippen molar-refractivity contribution in [1.29, 1.82) is 5.26 Å². The largest absolute Gasteiger partial charge is 0.396 e. The number of rotatable bonds is 3. The lowest BCUT2D eigenvalue weighted by Gasteiger charge is -2.35. The van der Waals surface area contributed by atoms with E-state index in [1.165, 1.54) is 0 Å². The van der Waals surface area contributed by atoms with Gasteiger partial charge in [0.05, 0.1) is 6.07 Å². The maximum Gasteiger partial charge on any atom is 0.242 e. The lowest BCUT2D eigenvalue weighted by Crippen LogP contribution is -2.45. The normalized spacial score (nSPS) is 21.6. The Kier molecular flexibility index (Phi) is 4.31. The summed E-state index contributed by atoms with van der Waals surface area (Å²) in [4.78, 5) is 13.8. The second kappa shape index (κ2) is 5.31. The standard InChI is InChI=1S/C12H20N2O2/c1-12(2,9-13)11(16)14-6-3-4-10(8-14)5-7-15/h10,15H,3-8H2,1-2H3. The summed E-state index contributed by atoms with van der Waals surface area (Å²) in [5.41, 5.74) is -0.929. The van der Waals surface area contributed by atoms with Crippen LogP contribution in [0.15, 0.2) is 0 Å². The fourth-order valence-electron chi connectivity index (χ4n) is 2.11. The number of amides is 1. The zero-order valence-electron chi connectivity index (χ0n) is 10.1. The van der Waals surface area contributed by atoms with Crippen LogP contribution in [0.2, 0.25) is 0 Å². The molecule has 4 nitrogen and oxygen atoms in total. The molecule has 0 bridgehead atoms. The van der Waals surface area contributed by atoms with Gasteiger partial charge in [0, 0.05) is 19.7 Å². The van der Waals surface area contributed by atoms with Crippen molar-refractivity contribution in [2.75, 3.05) is 19.7 Å². The predicted molar refractivity (Wildman–Crippen MR) is 60.4 cm³/mol. The summed E-state index contributed by atoms with van der Waals surface area (Å²) in [5.74, 6) is 0.301. The minimum Gasteiger partial charge on any atom is -0.396 e. The lowest BCUT2D eigenvalue weighted by atomic mass is 9.90. The third kappa shape index (κ3) is 2.96. The first-order chi connectivity index (χ1) is 7.51. The van der Waals surface area contributed by atoms with Gasteiger partial charge in [0.1, 0.15) is 5.41 Å². The molecule has 1 fully saturated rings. The number of hydrogen-bond donors (Lipinski definition) is 1. The van der Waals surface area contributed by atoms with Gasteiger partial charge in [-0.1, -0.05) is 0 Å². The summed E-state index contributed by atoms with van der Waals surface area (Å²) >= 11 is 0. The second-order valence-corrected chi connectivity index (χ2v) is 5.01. The molecule has 0 radical (unpaired) electrons. The molecule has 1 N–H and O–H groups in total. The Labute approximate surface area is 96.9 Å². The van der Waals surface area contributed by atoms with Gasteiger partial charge in [-0.05, 0) is 39.0 Å². The third-order valence-electron chi connectivity index (χ3n) is 3.16. The topological polar surface area (TPSA) is 64.3 Å². The van der Waals surface area contributed by atoms with Crippen LogP contribution in [0.3, 0.4) is 0 Å². The van der Waals surface area contributed by atoms with Gasteiger partial charge in [-0.15, -0.1) is 0 Å². The van der Waals surface area contributed by atoms with Crippen molar-refractivity contribution < 1.29 is 9.90 Å². The molecule has 4 heteroatoms. The van der Waals surface area contributed by atoms with Crippen LogP contribution < -0.4 is 0 Å². The van der Waals surface area contributed by atoms with Gasteiger partial charge < -0.3 is 10.0 Å². The fourth-order valence-corrected chi connectivity index (χ4v) is 2.11. The molecular formula is C12H20N2O2. The Morgan fingerprint density at radius 1 is 1.62 bits per heavy atom. The maximum absolute atomic E-state index is 12.0. The number of aliphatic hydroxyl groups is 1. The summed E-state index contributed by atoms with van der Waals surface area (Å²) in [5, 5.41) is 17.8. The number of aliphatic hydroxyl groups excluding tert-OH is 1. The van der Waals surface area contributed by atoms with Crippen molar-refractivity contribution >= 4 is 5.91 Å². The first kappa shape index (κ1) is 13.0. The highest BCUT2D eigenvalue weighted by atomic mass is 16.3. The number of piperidine rings is 1. The average Bonchev–Trinajstić information content (AvgIpc) is 2.29. The highest BCUT2D eigenvalue weighted by molar-refractivity contribution is 5.84. The smallest absolute Gasteiger partial charge is 0.242 e. The molecule has 0 aromatic carbocycles. The number of likely N-dealkylation sites (tertiary alicyclic amines) is 1. The van der Waals surface area contributed by atoms with Crippen LogP contribution in [0.1, 0.15) is 33.1 Å². The van der Waals surface area contributed by atoms with Crippen LogP contribution in [-0.4, -0.2) is 35.6 Å². The van der Waals surface area contributed by atoms with Crippen molar-refractivity contribution in [2.24, 2.45) is 11.3 Å². The van der Waals surface area contributed by atoms with E-state index in [-0.39, 0.29) is 12.5 Å². The highest BCUT2D eigenvalue weighted by Crippen LogP contribution is 2.24. The molecule has 0 aromatic rings. The first-order valence-electron chi connectivity index (χ1n) is 5.82. The van der Waals surface area contributed by atoms with Crippen molar-refractivity contribution in [1.82, 2.24) is 4.90 Å².